The van der Waals surface area contributed by atoms with Crippen molar-refractivity contribution in [2.24, 2.45) is 0 Å². The number of hydrogen-bond donors (Lipinski definition) is 0. The van der Waals surface area contributed by atoms with Gasteiger partial charge >= 0.3 is 15.6 Å². The molecular weight excluding hydrogens is 365 g/mol. The zero-order valence-corrected chi connectivity index (χ0v) is 14.4. The Kier molecular flexibility index (Phi) is 6.00. The summed E-state index contributed by atoms with van der Waals surface area (Å²) in [5.41, 5.74) is -6.33. The van der Waals surface area contributed by atoms with Gasteiger partial charge < -0.3 is 8.92 Å². The first-order valence-corrected chi connectivity index (χ1v) is 8.18. The van der Waals surface area contributed by atoms with Crippen LogP contribution in [-0.4, -0.2) is 32.1 Å². The lowest BCUT2D eigenvalue weighted by Gasteiger charge is -2.18. The summed E-state index contributed by atoms with van der Waals surface area (Å²) in [6, 6.07) is 0.825. The molecule has 6 nitrogen and oxygen atoms in total. The number of alkyl halides is 3. The third kappa shape index (κ3) is 4.38. The third-order valence-corrected chi connectivity index (χ3v) is 4.01. The minimum atomic E-state index is -5.96. The van der Waals surface area contributed by atoms with Gasteiger partial charge in [0.15, 0.2) is 11.6 Å². The van der Waals surface area contributed by atoms with E-state index in [4.69, 9.17) is 4.74 Å². The van der Waals surface area contributed by atoms with E-state index >= 15 is 0 Å². The zero-order valence-electron chi connectivity index (χ0n) is 13.6. The smallest absolute Gasteiger partial charge is 0.489 e. The lowest BCUT2D eigenvalue weighted by molar-refractivity contribution is -0.0500. The molecule has 0 bridgehead atoms. The van der Waals surface area contributed by atoms with Crippen LogP contribution in [0.3, 0.4) is 0 Å². The number of benzene rings is 1. The van der Waals surface area contributed by atoms with Crippen LogP contribution in [0.5, 0.6) is 11.5 Å². The van der Waals surface area contributed by atoms with E-state index in [1.165, 1.54) is 13.0 Å². The molecule has 1 aromatic carbocycles. The van der Waals surface area contributed by atoms with Crippen LogP contribution in [0.25, 0.3) is 0 Å². The molecule has 0 atom stereocenters. The second-order valence-electron chi connectivity index (χ2n) is 4.94. The molecule has 0 amide bonds. The number of ether oxygens (including phenoxy) is 1. The van der Waals surface area contributed by atoms with Gasteiger partial charge in [-0.25, -0.2) is 0 Å². The Labute approximate surface area is 142 Å². The average molecular weight is 380 g/mol. The largest absolute Gasteiger partial charge is 0.534 e. The maximum atomic E-state index is 12.5. The van der Waals surface area contributed by atoms with Crippen LogP contribution < -0.4 is 8.92 Å². The highest BCUT2D eigenvalue weighted by Crippen LogP contribution is 2.37. The Morgan fingerprint density at radius 3 is 2.08 bits per heavy atom. The molecule has 0 aromatic heterocycles. The maximum Gasteiger partial charge on any atom is 0.534 e. The third-order valence-electron chi connectivity index (χ3n) is 3.05. The van der Waals surface area contributed by atoms with E-state index in [0.717, 1.165) is 19.9 Å². The summed E-state index contributed by atoms with van der Waals surface area (Å²) in [7, 11) is -5.96. The number of Topliss-reactive ketones (excluding diaryl/α,β-unsaturated/α-hetero) is 2. The molecule has 138 valence electrons. The Hall–Kier alpha value is -2.36. The van der Waals surface area contributed by atoms with Crippen molar-refractivity contribution < 1.29 is 40.1 Å². The van der Waals surface area contributed by atoms with Gasteiger partial charge in [-0.1, -0.05) is 12.7 Å². The molecule has 25 heavy (non-hydrogen) atoms. The molecular formula is C15H15F3O6S. The summed E-state index contributed by atoms with van der Waals surface area (Å²) in [5.74, 6) is -2.29. The molecule has 1 rings (SSSR count). The molecule has 0 aliphatic carbocycles. The second-order valence-corrected chi connectivity index (χ2v) is 6.48. The Morgan fingerprint density at radius 2 is 1.68 bits per heavy atom. The van der Waals surface area contributed by atoms with Crippen molar-refractivity contribution in [2.45, 2.75) is 26.3 Å². The van der Waals surface area contributed by atoms with E-state index in [0.29, 0.717) is 0 Å². The van der Waals surface area contributed by atoms with Crippen LogP contribution in [0.4, 0.5) is 13.2 Å². The van der Waals surface area contributed by atoms with Crippen LogP contribution in [0.15, 0.2) is 18.7 Å². The van der Waals surface area contributed by atoms with Gasteiger partial charge in [0.2, 0.25) is 0 Å². The molecule has 0 unspecified atom stereocenters. The fourth-order valence-corrected chi connectivity index (χ4v) is 2.54. The molecule has 0 saturated carbocycles. The second kappa shape index (κ2) is 7.26. The summed E-state index contributed by atoms with van der Waals surface area (Å²) in [5, 5.41) is 0. The number of halogens is 3. The minimum absolute atomic E-state index is 0.133. The molecule has 0 saturated heterocycles. The number of ketones is 2. The monoisotopic (exact) mass is 380 g/mol. The molecule has 0 heterocycles. The van der Waals surface area contributed by atoms with Crippen molar-refractivity contribution in [3.05, 3.63) is 35.4 Å². The van der Waals surface area contributed by atoms with Crippen molar-refractivity contribution in [3.8, 4) is 11.5 Å². The summed E-state index contributed by atoms with van der Waals surface area (Å²) < 4.78 is 69.4. The lowest BCUT2D eigenvalue weighted by atomic mass is 9.94. The van der Waals surface area contributed by atoms with E-state index in [1.54, 1.807) is 0 Å². The van der Waals surface area contributed by atoms with E-state index in [1.807, 2.05) is 0 Å². The first kappa shape index (κ1) is 20.7. The highest BCUT2D eigenvalue weighted by Gasteiger charge is 2.49. The molecule has 10 heteroatoms. The highest BCUT2D eigenvalue weighted by molar-refractivity contribution is 7.88. The van der Waals surface area contributed by atoms with Crippen LogP contribution in [0.2, 0.25) is 0 Å². The first-order valence-electron chi connectivity index (χ1n) is 6.77. The van der Waals surface area contributed by atoms with Gasteiger partial charge in [0.1, 0.15) is 18.1 Å². The summed E-state index contributed by atoms with van der Waals surface area (Å²) in [4.78, 5) is 23.7. The van der Waals surface area contributed by atoms with Crippen LogP contribution in [0, 0.1) is 6.92 Å². The number of rotatable bonds is 7. The topological polar surface area (TPSA) is 86.7 Å². The fourth-order valence-electron chi connectivity index (χ4n) is 2.04. The van der Waals surface area contributed by atoms with Crippen molar-refractivity contribution in [1.29, 1.82) is 0 Å². The van der Waals surface area contributed by atoms with E-state index in [-0.39, 0.29) is 29.0 Å². The van der Waals surface area contributed by atoms with Crippen molar-refractivity contribution in [3.63, 3.8) is 0 Å². The minimum Gasteiger partial charge on any atom is -0.489 e. The summed E-state index contributed by atoms with van der Waals surface area (Å²) >= 11 is 0. The summed E-state index contributed by atoms with van der Waals surface area (Å²) in [6.45, 7) is 6.63. The highest BCUT2D eigenvalue weighted by atomic mass is 32.2. The predicted molar refractivity (Wildman–Crippen MR) is 82.5 cm³/mol. The molecule has 0 spiro atoms. The van der Waals surface area contributed by atoms with Gasteiger partial charge in [-0.15, -0.1) is 0 Å². The van der Waals surface area contributed by atoms with Crippen molar-refractivity contribution in [2.75, 3.05) is 6.61 Å². The molecule has 0 radical (unpaired) electrons. The predicted octanol–water partition coefficient (Wildman–Crippen LogP) is 3.19. The van der Waals surface area contributed by atoms with Gasteiger partial charge in [0.05, 0.1) is 5.56 Å². The Morgan fingerprint density at radius 1 is 1.16 bits per heavy atom. The van der Waals surface area contributed by atoms with E-state index < -0.39 is 32.9 Å². The maximum absolute atomic E-state index is 12.5. The van der Waals surface area contributed by atoms with Gasteiger partial charge in [0, 0.05) is 17.2 Å². The molecule has 0 fully saturated rings. The van der Waals surface area contributed by atoms with Gasteiger partial charge in [0.25, 0.3) is 0 Å². The van der Waals surface area contributed by atoms with Gasteiger partial charge in [-0.2, -0.15) is 21.6 Å². The average Bonchev–Trinajstić information content (AvgIpc) is 2.44. The molecule has 0 aliphatic heterocycles. The summed E-state index contributed by atoms with van der Waals surface area (Å²) in [6.07, 6.45) is 1.30. The van der Waals surface area contributed by atoms with Crippen LogP contribution in [-0.2, 0) is 10.1 Å². The molecule has 0 N–H and O–H groups in total. The van der Waals surface area contributed by atoms with E-state index in [2.05, 4.69) is 10.8 Å². The van der Waals surface area contributed by atoms with Crippen molar-refractivity contribution >= 4 is 21.7 Å². The fraction of sp³-hybridized carbons (Fsp3) is 0.333. The Balaban J connectivity index is 3.71. The normalized spacial score (nSPS) is 11.8. The van der Waals surface area contributed by atoms with Crippen LogP contribution in [0.1, 0.15) is 40.1 Å². The number of carbonyl (C=O) groups excluding carboxylic acids is 2. The number of carbonyl (C=O) groups is 2. The van der Waals surface area contributed by atoms with Gasteiger partial charge in [-0.05, 0) is 20.8 Å². The first-order chi connectivity index (χ1) is 11.3. The zero-order chi connectivity index (χ0) is 19.6. The van der Waals surface area contributed by atoms with E-state index in [9.17, 15) is 31.2 Å². The Bertz CT molecular complexity index is 825. The number of hydrogen-bond acceptors (Lipinski definition) is 6. The van der Waals surface area contributed by atoms with Crippen LogP contribution >= 0.6 is 0 Å². The van der Waals surface area contributed by atoms with Gasteiger partial charge in [-0.3, -0.25) is 9.59 Å². The quantitative estimate of drug-likeness (QED) is 0.312. The SMILES string of the molecule is C=CCOc1cc(OS(=O)(=O)C(F)(F)F)c(C)c(C(C)=O)c1C(C)=O. The molecule has 0 aliphatic rings. The van der Waals surface area contributed by atoms with Crippen molar-refractivity contribution in [1.82, 2.24) is 0 Å². The molecule has 1 aromatic rings. The lowest BCUT2D eigenvalue weighted by Crippen LogP contribution is -2.28. The standard InChI is InChI=1S/C15H15F3O6S/c1-5-6-23-12-7-11(24-25(21,22)15(16,17)18)8(2)13(9(3)19)14(12)10(4)20/h5,7H,1,6H2,2-4H3.